The molecule has 1 aromatic rings. The monoisotopic (exact) mass is 348 g/mol. The second-order valence-electron chi connectivity index (χ2n) is 5.13. The van der Waals surface area contributed by atoms with Crippen molar-refractivity contribution in [3.8, 4) is 0 Å². The van der Waals surface area contributed by atoms with Crippen LogP contribution < -0.4 is 0 Å². The van der Waals surface area contributed by atoms with E-state index in [0.717, 1.165) is 19.1 Å². The van der Waals surface area contributed by atoms with Crippen LogP contribution in [0.3, 0.4) is 0 Å². The van der Waals surface area contributed by atoms with Crippen molar-refractivity contribution in [3.05, 3.63) is 28.3 Å². The number of sulfone groups is 1. The van der Waals surface area contributed by atoms with Crippen LogP contribution in [-0.4, -0.2) is 45.1 Å². The molecule has 0 aromatic heterocycles. The van der Waals surface area contributed by atoms with E-state index < -0.39 is 15.8 Å². The molecule has 1 heterocycles. The molecule has 1 aromatic carbocycles. The summed E-state index contributed by atoms with van der Waals surface area (Å²) in [6, 6.07) is 2.43. The number of hydrogen-bond donors (Lipinski definition) is 1. The Kier molecular flexibility index (Phi) is 5.44. The Bertz CT molecular complexity index is 664. The zero-order valence-electron chi connectivity index (χ0n) is 12.0. The molecule has 0 amide bonds. The number of halogens is 1. The van der Waals surface area contributed by atoms with Crippen molar-refractivity contribution < 1.29 is 27.8 Å². The van der Waals surface area contributed by atoms with Gasteiger partial charge in [0.1, 0.15) is 0 Å². The van der Waals surface area contributed by atoms with Gasteiger partial charge in [0, 0.05) is 18.4 Å². The topological polar surface area (TPSA) is 89.9 Å². The average molecular weight is 349 g/mol. The summed E-state index contributed by atoms with van der Waals surface area (Å²) in [6.07, 6.45) is 2.89. The highest BCUT2D eigenvalue weighted by Crippen LogP contribution is 2.29. The molecule has 0 bridgehead atoms. The first-order valence-corrected chi connectivity index (χ1v) is 9.01. The highest BCUT2D eigenvalue weighted by Gasteiger charge is 2.22. The van der Waals surface area contributed by atoms with E-state index in [0.29, 0.717) is 13.2 Å². The second-order valence-corrected chi connectivity index (χ2v) is 7.49. The average Bonchev–Trinajstić information content (AvgIpc) is 2.91. The fraction of sp³-hybridized carbons (Fsp3) is 0.500. The van der Waals surface area contributed by atoms with Crippen molar-refractivity contribution in [1.29, 1.82) is 0 Å². The molecule has 8 heteroatoms. The number of ether oxygens (including phenoxy) is 2. The fourth-order valence-corrected chi connectivity index (χ4v) is 3.60. The standard InChI is InChI=1S/C14H17ClO6S/c1-22(18,19)12-5-4-10(14(16)17)13(15)11(12)8-20-7-9-3-2-6-21-9/h4-5,9H,2-3,6-8H2,1H3,(H,16,17). The molecule has 122 valence electrons. The van der Waals surface area contributed by atoms with Crippen molar-refractivity contribution >= 4 is 27.4 Å². The molecule has 0 spiro atoms. The first kappa shape index (κ1) is 17.2. The van der Waals surface area contributed by atoms with Gasteiger partial charge in [-0.3, -0.25) is 0 Å². The lowest BCUT2D eigenvalue weighted by molar-refractivity contribution is 0.00998. The highest BCUT2D eigenvalue weighted by atomic mass is 35.5. The molecular formula is C14H17ClO6S. The molecule has 1 unspecified atom stereocenters. The molecule has 1 N–H and O–H groups in total. The van der Waals surface area contributed by atoms with Crippen molar-refractivity contribution in [1.82, 2.24) is 0 Å². The van der Waals surface area contributed by atoms with Gasteiger partial charge in [-0.25, -0.2) is 13.2 Å². The van der Waals surface area contributed by atoms with Gasteiger partial charge in [-0.05, 0) is 25.0 Å². The Hall–Kier alpha value is -1.15. The van der Waals surface area contributed by atoms with Gasteiger partial charge in [-0.15, -0.1) is 0 Å². The van der Waals surface area contributed by atoms with Gasteiger partial charge < -0.3 is 14.6 Å². The van der Waals surface area contributed by atoms with E-state index in [4.69, 9.17) is 26.2 Å². The molecule has 1 aliphatic heterocycles. The first-order valence-electron chi connectivity index (χ1n) is 6.74. The number of rotatable bonds is 6. The van der Waals surface area contributed by atoms with Crippen LogP contribution in [0, 0.1) is 0 Å². The highest BCUT2D eigenvalue weighted by molar-refractivity contribution is 7.90. The lowest BCUT2D eigenvalue weighted by Gasteiger charge is -2.14. The van der Waals surface area contributed by atoms with Crippen molar-refractivity contribution in [2.75, 3.05) is 19.5 Å². The van der Waals surface area contributed by atoms with Crippen LogP contribution in [0.1, 0.15) is 28.8 Å². The number of hydrogen-bond acceptors (Lipinski definition) is 5. The van der Waals surface area contributed by atoms with E-state index >= 15 is 0 Å². The Morgan fingerprint density at radius 2 is 2.23 bits per heavy atom. The smallest absolute Gasteiger partial charge is 0.337 e. The fourth-order valence-electron chi connectivity index (χ4n) is 2.32. The molecule has 0 saturated carbocycles. The summed E-state index contributed by atoms with van der Waals surface area (Å²) in [5.41, 5.74) is 0.0202. The Morgan fingerprint density at radius 3 is 2.77 bits per heavy atom. The van der Waals surface area contributed by atoms with Crippen molar-refractivity contribution in [2.24, 2.45) is 0 Å². The van der Waals surface area contributed by atoms with Gasteiger partial charge >= 0.3 is 5.97 Å². The maximum absolute atomic E-state index is 11.8. The summed E-state index contributed by atoms with van der Waals surface area (Å²) in [7, 11) is -3.54. The third-order valence-electron chi connectivity index (χ3n) is 3.40. The van der Waals surface area contributed by atoms with Crippen LogP contribution in [-0.2, 0) is 25.9 Å². The SMILES string of the molecule is CS(=O)(=O)c1ccc(C(=O)O)c(Cl)c1COCC1CCCO1. The van der Waals surface area contributed by atoms with E-state index in [1.54, 1.807) is 0 Å². The second kappa shape index (κ2) is 6.95. The summed E-state index contributed by atoms with van der Waals surface area (Å²) >= 11 is 6.05. The van der Waals surface area contributed by atoms with Gasteiger partial charge in [0.25, 0.3) is 0 Å². The van der Waals surface area contributed by atoms with Crippen LogP contribution in [0.25, 0.3) is 0 Å². The van der Waals surface area contributed by atoms with Crippen LogP contribution >= 0.6 is 11.6 Å². The van der Waals surface area contributed by atoms with Crippen LogP contribution in [0.4, 0.5) is 0 Å². The minimum Gasteiger partial charge on any atom is -0.478 e. The summed E-state index contributed by atoms with van der Waals surface area (Å²) in [6.45, 7) is 0.927. The molecule has 6 nitrogen and oxygen atoms in total. The van der Waals surface area contributed by atoms with Gasteiger partial charge in [0.15, 0.2) is 9.84 Å². The molecular weight excluding hydrogens is 332 g/mol. The molecule has 22 heavy (non-hydrogen) atoms. The van der Waals surface area contributed by atoms with Gasteiger partial charge in [0.05, 0.1) is 34.8 Å². The summed E-state index contributed by atoms with van der Waals surface area (Å²) in [5.74, 6) is -1.22. The zero-order chi connectivity index (χ0) is 16.3. The number of aromatic carboxylic acids is 1. The predicted octanol–water partition coefficient (Wildman–Crippen LogP) is 2.14. The molecule has 1 aliphatic rings. The van der Waals surface area contributed by atoms with Crippen molar-refractivity contribution in [2.45, 2.75) is 30.4 Å². The molecule has 0 aliphatic carbocycles. The molecule has 1 fully saturated rings. The molecule has 1 atom stereocenters. The third kappa shape index (κ3) is 3.98. The van der Waals surface area contributed by atoms with Crippen LogP contribution in [0.15, 0.2) is 17.0 Å². The lowest BCUT2D eigenvalue weighted by Crippen LogP contribution is -2.15. The van der Waals surface area contributed by atoms with E-state index in [9.17, 15) is 13.2 Å². The Labute approximate surface area is 133 Å². The maximum atomic E-state index is 11.8. The number of benzene rings is 1. The Balaban J connectivity index is 2.25. The van der Waals surface area contributed by atoms with E-state index in [-0.39, 0.29) is 33.8 Å². The molecule has 0 radical (unpaired) electrons. The number of carbonyl (C=O) groups is 1. The normalized spacial score (nSPS) is 18.5. The summed E-state index contributed by atoms with van der Waals surface area (Å²) < 4.78 is 34.5. The van der Waals surface area contributed by atoms with E-state index in [1.807, 2.05) is 0 Å². The van der Waals surface area contributed by atoms with Crippen molar-refractivity contribution in [3.63, 3.8) is 0 Å². The predicted molar refractivity (Wildman–Crippen MR) is 80.2 cm³/mol. The number of carboxylic acid groups (broad SMARTS) is 1. The quantitative estimate of drug-likeness (QED) is 0.847. The van der Waals surface area contributed by atoms with Gasteiger partial charge in [0.2, 0.25) is 0 Å². The minimum absolute atomic E-state index is 0.0110. The molecule has 2 rings (SSSR count). The largest absolute Gasteiger partial charge is 0.478 e. The first-order chi connectivity index (χ1) is 10.3. The van der Waals surface area contributed by atoms with Gasteiger partial charge in [-0.2, -0.15) is 0 Å². The van der Waals surface area contributed by atoms with E-state index in [1.165, 1.54) is 12.1 Å². The maximum Gasteiger partial charge on any atom is 0.337 e. The van der Waals surface area contributed by atoms with Gasteiger partial charge in [-0.1, -0.05) is 11.6 Å². The minimum atomic E-state index is -3.54. The summed E-state index contributed by atoms with van der Waals surface area (Å²) in [5, 5.41) is 8.98. The third-order valence-corrected chi connectivity index (χ3v) is 5.02. The van der Waals surface area contributed by atoms with Crippen LogP contribution in [0.2, 0.25) is 5.02 Å². The molecule has 1 saturated heterocycles. The zero-order valence-corrected chi connectivity index (χ0v) is 13.6. The Morgan fingerprint density at radius 1 is 1.50 bits per heavy atom. The summed E-state index contributed by atoms with van der Waals surface area (Å²) in [4.78, 5) is 11.1. The number of carboxylic acids is 1. The van der Waals surface area contributed by atoms with Crippen LogP contribution in [0.5, 0.6) is 0 Å². The lowest BCUT2D eigenvalue weighted by atomic mass is 10.1. The van der Waals surface area contributed by atoms with E-state index in [2.05, 4.69) is 0 Å².